The van der Waals surface area contributed by atoms with Gasteiger partial charge in [-0.1, -0.05) is 24.3 Å². The standard InChI is InChI=1S/C23H18FN3O5/c24-17-5-1-13(2-6-17)12-32-19-8-7-18(27(30)31)10-16(19)11-25-26-22(28)20-14-3-4-15(9-14)21(20)23(26)29/h1-8,10-11,14-15,20-21H,9,12H2/t14-,15-,20-,21+/m0/s1. The minimum absolute atomic E-state index is 0.0640. The SMILES string of the molecule is O=C1[C@@H]2[C@H](C(=O)N1N=Cc1cc([N+](=O)[O-])ccc1OCc1ccc(F)cc1)[C@H]1C=C[C@H]2C1. The van der Waals surface area contributed by atoms with Gasteiger partial charge in [0.15, 0.2) is 0 Å². The molecule has 0 N–H and O–H groups in total. The van der Waals surface area contributed by atoms with E-state index in [4.69, 9.17) is 4.74 Å². The molecule has 9 heteroatoms. The summed E-state index contributed by atoms with van der Waals surface area (Å²) in [6, 6.07) is 9.72. The van der Waals surface area contributed by atoms with Gasteiger partial charge in [-0.25, -0.2) is 4.39 Å². The Morgan fingerprint density at radius 1 is 1.09 bits per heavy atom. The van der Waals surface area contributed by atoms with Gasteiger partial charge in [0.25, 0.3) is 17.5 Å². The number of non-ortho nitro benzene ring substituents is 1. The van der Waals surface area contributed by atoms with Crippen molar-refractivity contribution in [2.45, 2.75) is 13.0 Å². The number of carbonyl (C=O) groups is 2. The molecule has 5 rings (SSSR count). The molecule has 0 unspecified atom stereocenters. The third-order valence-electron chi connectivity index (χ3n) is 6.27. The first-order chi connectivity index (χ1) is 15.4. The smallest absolute Gasteiger partial charge is 0.270 e. The van der Waals surface area contributed by atoms with Crippen LogP contribution in [0.4, 0.5) is 10.1 Å². The van der Waals surface area contributed by atoms with E-state index in [-0.39, 0.29) is 64.9 Å². The summed E-state index contributed by atoms with van der Waals surface area (Å²) in [5.74, 6) is -1.40. The zero-order valence-electron chi connectivity index (χ0n) is 16.8. The summed E-state index contributed by atoms with van der Waals surface area (Å²) in [6.45, 7) is 0.0969. The maximum atomic E-state index is 13.1. The van der Waals surface area contributed by atoms with Gasteiger partial charge in [-0.2, -0.15) is 10.1 Å². The lowest BCUT2D eigenvalue weighted by atomic mass is 9.85. The fourth-order valence-electron chi connectivity index (χ4n) is 4.74. The minimum atomic E-state index is -0.555. The maximum absolute atomic E-state index is 13.1. The molecular formula is C23H18FN3O5. The monoisotopic (exact) mass is 435 g/mol. The number of nitro benzene ring substituents is 1. The molecule has 162 valence electrons. The predicted molar refractivity (Wildman–Crippen MR) is 111 cm³/mol. The molecule has 0 spiro atoms. The minimum Gasteiger partial charge on any atom is -0.488 e. The topological polar surface area (TPSA) is 102 Å². The number of hydrogen-bond donors (Lipinski definition) is 0. The summed E-state index contributed by atoms with van der Waals surface area (Å²) in [6.07, 6.45) is 6.04. The molecule has 2 bridgehead atoms. The Hall–Kier alpha value is -3.88. The molecule has 2 fully saturated rings. The van der Waals surface area contributed by atoms with Gasteiger partial charge in [0.1, 0.15) is 18.2 Å². The van der Waals surface area contributed by atoms with Crippen LogP contribution in [0.2, 0.25) is 0 Å². The second kappa shape index (κ2) is 7.67. The van der Waals surface area contributed by atoms with Crippen molar-refractivity contribution in [3.63, 3.8) is 0 Å². The molecule has 1 saturated heterocycles. The van der Waals surface area contributed by atoms with Crippen LogP contribution in [-0.4, -0.2) is 28.0 Å². The molecule has 8 nitrogen and oxygen atoms in total. The lowest BCUT2D eigenvalue weighted by Crippen LogP contribution is -2.28. The van der Waals surface area contributed by atoms with Crippen LogP contribution in [0.1, 0.15) is 17.5 Å². The molecule has 2 aromatic rings. The van der Waals surface area contributed by atoms with Crippen LogP contribution < -0.4 is 4.74 Å². The Morgan fingerprint density at radius 2 is 1.75 bits per heavy atom. The van der Waals surface area contributed by atoms with Gasteiger partial charge in [-0.15, -0.1) is 0 Å². The van der Waals surface area contributed by atoms with Crippen molar-refractivity contribution in [1.82, 2.24) is 5.01 Å². The fraction of sp³-hybridized carbons (Fsp3) is 0.261. The Morgan fingerprint density at radius 3 is 2.38 bits per heavy atom. The molecule has 2 aliphatic carbocycles. The highest BCUT2D eigenvalue weighted by Gasteiger charge is 2.59. The van der Waals surface area contributed by atoms with Crippen LogP contribution in [0, 0.1) is 39.6 Å². The molecule has 3 aliphatic rings. The molecule has 1 heterocycles. The molecule has 1 saturated carbocycles. The highest BCUT2D eigenvalue weighted by molar-refractivity contribution is 6.07. The number of hydrazone groups is 1. The fourth-order valence-corrected chi connectivity index (χ4v) is 4.74. The lowest BCUT2D eigenvalue weighted by molar-refractivity contribution is -0.384. The number of amides is 2. The average Bonchev–Trinajstić information content (AvgIpc) is 3.46. The van der Waals surface area contributed by atoms with Crippen LogP contribution in [-0.2, 0) is 16.2 Å². The summed E-state index contributed by atoms with van der Waals surface area (Å²) in [7, 11) is 0. The largest absolute Gasteiger partial charge is 0.488 e. The highest BCUT2D eigenvalue weighted by atomic mass is 19.1. The van der Waals surface area contributed by atoms with Gasteiger partial charge < -0.3 is 4.74 Å². The molecule has 32 heavy (non-hydrogen) atoms. The predicted octanol–water partition coefficient (Wildman–Crippen LogP) is 3.45. The van der Waals surface area contributed by atoms with Gasteiger partial charge in [-0.05, 0) is 42.0 Å². The van der Waals surface area contributed by atoms with E-state index in [2.05, 4.69) is 5.10 Å². The first-order valence-corrected chi connectivity index (χ1v) is 10.2. The van der Waals surface area contributed by atoms with E-state index in [9.17, 15) is 24.1 Å². The van der Waals surface area contributed by atoms with Gasteiger partial charge in [0.05, 0.1) is 23.0 Å². The zero-order chi connectivity index (χ0) is 22.4. The number of allylic oxidation sites excluding steroid dienone is 2. The summed E-state index contributed by atoms with van der Waals surface area (Å²) in [4.78, 5) is 36.2. The molecular weight excluding hydrogens is 417 g/mol. The van der Waals surface area contributed by atoms with E-state index in [0.29, 0.717) is 5.56 Å². The molecule has 2 aromatic carbocycles. The number of halogens is 1. The maximum Gasteiger partial charge on any atom is 0.270 e. The quantitative estimate of drug-likeness (QED) is 0.227. The summed E-state index contributed by atoms with van der Waals surface area (Å²) in [5, 5.41) is 16.2. The van der Waals surface area contributed by atoms with Crippen molar-refractivity contribution in [2.75, 3.05) is 0 Å². The summed E-state index contributed by atoms with van der Waals surface area (Å²) in [5.41, 5.74) is 0.771. The van der Waals surface area contributed by atoms with E-state index in [1.165, 1.54) is 36.5 Å². The van der Waals surface area contributed by atoms with Gasteiger partial charge >= 0.3 is 0 Å². The molecule has 0 radical (unpaired) electrons. The highest BCUT2D eigenvalue weighted by Crippen LogP contribution is 2.52. The van der Waals surface area contributed by atoms with Crippen LogP contribution in [0.3, 0.4) is 0 Å². The van der Waals surface area contributed by atoms with Gasteiger partial charge in [-0.3, -0.25) is 19.7 Å². The second-order valence-electron chi connectivity index (χ2n) is 8.13. The Kier molecular flexibility index (Phi) is 4.80. The Labute approximate surface area is 182 Å². The number of benzene rings is 2. The molecule has 1 aliphatic heterocycles. The average molecular weight is 435 g/mol. The van der Waals surface area contributed by atoms with Crippen LogP contribution in [0.15, 0.2) is 59.7 Å². The van der Waals surface area contributed by atoms with E-state index in [0.717, 1.165) is 11.4 Å². The number of fused-ring (bicyclic) bond motifs is 5. The molecule has 0 aromatic heterocycles. The Balaban J connectivity index is 1.39. The van der Waals surface area contributed by atoms with E-state index < -0.39 is 4.92 Å². The van der Waals surface area contributed by atoms with Crippen molar-refractivity contribution in [3.05, 3.63) is 81.7 Å². The number of hydrogen-bond acceptors (Lipinski definition) is 6. The van der Waals surface area contributed by atoms with E-state index in [1.54, 1.807) is 12.1 Å². The van der Waals surface area contributed by atoms with E-state index in [1.807, 2.05) is 12.2 Å². The zero-order valence-corrected chi connectivity index (χ0v) is 16.8. The first-order valence-electron chi connectivity index (χ1n) is 10.2. The van der Waals surface area contributed by atoms with Crippen LogP contribution in [0.5, 0.6) is 5.75 Å². The normalized spacial score (nSPS) is 25.7. The number of nitro groups is 1. The number of rotatable bonds is 6. The number of nitrogens with zero attached hydrogens (tertiary/aromatic N) is 3. The van der Waals surface area contributed by atoms with Gasteiger partial charge in [0, 0.05) is 17.7 Å². The summed E-state index contributed by atoms with van der Waals surface area (Å²) >= 11 is 0. The first kappa shape index (κ1) is 20.0. The Bertz CT molecular complexity index is 1150. The van der Waals surface area contributed by atoms with Crippen molar-refractivity contribution >= 4 is 23.7 Å². The number of imide groups is 1. The lowest BCUT2D eigenvalue weighted by Gasteiger charge is -2.13. The van der Waals surface area contributed by atoms with Crippen molar-refractivity contribution in [1.29, 1.82) is 0 Å². The molecule has 4 atom stereocenters. The van der Waals surface area contributed by atoms with Crippen molar-refractivity contribution < 1.29 is 23.6 Å². The second-order valence-corrected chi connectivity index (χ2v) is 8.13. The number of carbonyl (C=O) groups excluding carboxylic acids is 2. The number of ether oxygens (including phenoxy) is 1. The van der Waals surface area contributed by atoms with Crippen molar-refractivity contribution in [3.8, 4) is 5.75 Å². The van der Waals surface area contributed by atoms with Gasteiger partial charge in [0.2, 0.25) is 0 Å². The molecule has 2 amide bonds. The van der Waals surface area contributed by atoms with E-state index >= 15 is 0 Å². The van der Waals surface area contributed by atoms with Crippen molar-refractivity contribution in [2.24, 2.45) is 28.8 Å². The van der Waals surface area contributed by atoms with Crippen LogP contribution in [0.25, 0.3) is 0 Å². The summed E-state index contributed by atoms with van der Waals surface area (Å²) < 4.78 is 18.8. The third kappa shape index (κ3) is 3.35. The van der Waals surface area contributed by atoms with Crippen LogP contribution >= 0.6 is 0 Å². The third-order valence-corrected chi connectivity index (χ3v) is 6.27.